The molecule has 80 valence electrons. The lowest BCUT2D eigenvalue weighted by atomic mass is 9.82. The van der Waals surface area contributed by atoms with Crippen molar-refractivity contribution >= 4 is 12.7 Å². The van der Waals surface area contributed by atoms with Crippen LogP contribution in [0.25, 0.3) is 0 Å². The Morgan fingerprint density at radius 1 is 1.14 bits per heavy atom. The molecule has 1 rings (SSSR count). The van der Waals surface area contributed by atoms with E-state index in [2.05, 4.69) is 0 Å². The van der Waals surface area contributed by atoms with Crippen molar-refractivity contribution in [1.29, 1.82) is 0 Å². The number of benzene rings is 1. The third-order valence-electron chi connectivity index (χ3n) is 1.45. The first-order chi connectivity index (χ1) is 5.70. The fourth-order valence-corrected chi connectivity index (χ4v) is 0.922. The maximum atomic E-state index is 13.2. The number of halogens is 1. The summed E-state index contributed by atoms with van der Waals surface area (Å²) in [6, 6.07) is 8.88. The molecular formula is C9H16BFO3. The second-order valence-electron chi connectivity index (χ2n) is 2.91. The number of hydrogen-bond donors (Lipinski definition) is 0. The SMILES string of the molecule is CC(C)OB(F)c1ccccc1.O.O. The van der Waals surface area contributed by atoms with Crippen LogP contribution in [0.4, 0.5) is 4.32 Å². The van der Waals surface area contributed by atoms with Gasteiger partial charge in [-0.2, -0.15) is 0 Å². The summed E-state index contributed by atoms with van der Waals surface area (Å²) in [4.78, 5) is 0. The Hall–Kier alpha value is -0.905. The van der Waals surface area contributed by atoms with Gasteiger partial charge in [0.2, 0.25) is 0 Å². The lowest BCUT2D eigenvalue weighted by Gasteiger charge is -2.08. The van der Waals surface area contributed by atoms with Crippen molar-refractivity contribution in [3.05, 3.63) is 30.3 Å². The Kier molecular flexibility index (Phi) is 8.33. The molecule has 0 heterocycles. The predicted octanol–water partition coefficient (Wildman–Crippen LogP) is 0.127. The van der Waals surface area contributed by atoms with E-state index in [0.29, 0.717) is 5.46 Å². The Bertz CT molecular complexity index is 231. The molecule has 0 amide bonds. The summed E-state index contributed by atoms with van der Waals surface area (Å²) in [6.07, 6.45) is -0.0831. The zero-order valence-corrected chi connectivity index (χ0v) is 8.33. The second-order valence-corrected chi connectivity index (χ2v) is 2.91. The number of hydrogen-bond acceptors (Lipinski definition) is 1. The fourth-order valence-electron chi connectivity index (χ4n) is 0.922. The van der Waals surface area contributed by atoms with Crippen LogP contribution in [0.5, 0.6) is 0 Å². The molecule has 0 radical (unpaired) electrons. The van der Waals surface area contributed by atoms with E-state index in [1.165, 1.54) is 0 Å². The molecule has 1 aromatic rings. The Morgan fingerprint density at radius 3 is 2.07 bits per heavy atom. The maximum Gasteiger partial charge on any atom is 0.534 e. The fraction of sp³-hybridized carbons (Fsp3) is 0.333. The molecule has 0 fully saturated rings. The minimum Gasteiger partial charge on any atom is -0.412 e. The average Bonchev–Trinajstić information content (AvgIpc) is 2.05. The smallest absolute Gasteiger partial charge is 0.412 e. The summed E-state index contributed by atoms with van der Waals surface area (Å²) in [7, 11) is -1.30. The molecule has 5 heteroatoms. The maximum absolute atomic E-state index is 13.2. The molecule has 0 aliphatic heterocycles. The summed E-state index contributed by atoms with van der Waals surface area (Å²) in [5.41, 5.74) is 0.575. The Morgan fingerprint density at radius 2 is 1.64 bits per heavy atom. The van der Waals surface area contributed by atoms with E-state index in [-0.39, 0.29) is 17.1 Å². The van der Waals surface area contributed by atoms with Crippen LogP contribution < -0.4 is 5.46 Å². The van der Waals surface area contributed by atoms with Gasteiger partial charge in [0, 0.05) is 6.10 Å². The molecular weight excluding hydrogens is 186 g/mol. The number of rotatable bonds is 3. The first-order valence-electron chi connectivity index (χ1n) is 4.04. The molecule has 4 N–H and O–H groups in total. The van der Waals surface area contributed by atoms with Gasteiger partial charge in [0.05, 0.1) is 0 Å². The van der Waals surface area contributed by atoms with Crippen molar-refractivity contribution in [2.45, 2.75) is 20.0 Å². The van der Waals surface area contributed by atoms with Crippen LogP contribution in [-0.4, -0.2) is 24.2 Å². The van der Waals surface area contributed by atoms with Crippen LogP contribution in [0.3, 0.4) is 0 Å². The highest BCUT2D eigenvalue weighted by Crippen LogP contribution is 1.96. The molecule has 0 aliphatic carbocycles. The minimum atomic E-state index is -1.30. The van der Waals surface area contributed by atoms with Gasteiger partial charge in [-0.3, -0.25) is 4.32 Å². The third kappa shape index (κ3) is 4.96. The monoisotopic (exact) mass is 202 g/mol. The first-order valence-corrected chi connectivity index (χ1v) is 4.04. The van der Waals surface area contributed by atoms with Crippen molar-refractivity contribution in [2.24, 2.45) is 0 Å². The molecule has 14 heavy (non-hydrogen) atoms. The summed E-state index contributed by atoms with van der Waals surface area (Å²) < 4.78 is 18.1. The summed E-state index contributed by atoms with van der Waals surface area (Å²) in [5.74, 6) is 0. The Balaban J connectivity index is 0. The quantitative estimate of drug-likeness (QED) is 0.641. The third-order valence-corrected chi connectivity index (χ3v) is 1.45. The van der Waals surface area contributed by atoms with Crippen molar-refractivity contribution in [3.63, 3.8) is 0 Å². The summed E-state index contributed by atoms with van der Waals surface area (Å²) in [6.45, 7) is 3.63. The van der Waals surface area contributed by atoms with Gasteiger partial charge in [-0.1, -0.05) is 30.3 Å². The van der Waals surface area contributed by atoms with E-state index in [0.717, 1.165) is 0 Å². The van der Waals surface area contributed by atoms with Crippen LogP contribution in [-0.2, 0) is 4.65 Å². The summed E-state index contributed by atoms with van der Waals surface area (Å²) >= 11 is 0. The van der Waals surface area contributed by atoms with Gasteiger partial charge in [0.25, 0.3) is 0 Å². The van der Waals surface area contributed by atoms with E-state index < -0.39 is 7.19 Å². The van der Waals surface area contributed by atoms with E-state index in [1.807, 2.05) is 19.9 Å². The lowest BCUT2D eigenvalue weighted by Crippen LogP contribution is -2.31. The predicted molar refractivity (Wildman–Crippen MR) is 56.4 cm³/mol. The highest BCUT2D eigenvalue weighted by Gasteiger charge is 2.19. The van der Waals surface area contributed by atoms with Crippen LogP contribution in [0.1, 0.15) is 13.8 Å². The molecule has 0 saturated heterocycles. The largest absolute Gasteiger partial charge is 0.534 e. The van der Waals surface area contributed by atoms with Crippen molar-refractivity contribution in [2.75, 3.05) is 0 Å². The zero-order chi connectivity index (χ0) is 8.97. The van der Waals surface area contributed by atoms with Gasteiger partial charge < -0.3 is 15.6 Å². The minimum absolute atomic E-state index is 0. The van der Waals surface area contributed by atoms with E-state index in [9.17, 15) is 4.32 Å². The van der Waals surface area contributed by atoms with Gasteiger partial charge in [0.15, 0.2) is 0 Å². The Labute approximate surface area is 83.7 Å². The van der Waals surface area contributed by atoms with Gasteiger partial charge in [-0.15, -0.1) is 0 Å². The standard InChI is InChI=1S/C9H12BFO.2H2O/c1-8(2)12-10(11)9-6-4-3-5-7-9;;/h3-8H,1-2H3;2*1H2. The van der Waals surface area contributed by atoms with Crippen LogP contribution >= 0.6 is 0 Å². The topological polar surface area (TPSA) is 72.2 Å². The summed E-state index contributed by atoms with van der Waals surface area (Å²) in [5, 5.41) is 0. The van der Waals surface area contributed by atoms with Gasteiger partial charge in [-0.25, -0.2) is 0 Å². The normalized spacial score (nSPS) is 8.86. The molecule has 0 spiro atoms. The molecule has 0 saturated carbocycles. The molecule has 3 nitrogen and oxygen atoms in total. The van der Waals surface area contributed by atoms with Gasteiger partial charge in [-0.05, 0) is 19.3 Å². The van der Waals surface area contributed by atoms with E-state index in [1.54, 1.807) is 24.3 Å². The van der Waals surface area contributed by atoms with Crippen molar-refractivity contribution < 1.29 is 19.9 Å². The average molecular weight is 202 g/mol. The molecule has 0 unspecified atom stereocenters. The van der Waals surface area contributed by atoms with Crippen LogP contribution in [0, 0.1) is 0 Å². The highest BCUT2D eigenvalue weighted by molar-refractivity contribution is 6.60. The molecule has 0 atom stereocenters. The van der Waals surface area contributed by atoms with E-state index >= 15 is 0 Å². The van der Waals surface area contributed by atoms with E-state index in [4.69, 9.17) is 4.65 Å². The second kappa shape index (κ2) is 7.49. The van der Waals surface area contributed by atoms with Crippen molar-refractivity contribution in [1.82, 2.24) is 0 Å². The molecule has 0 aliphatic rings. The van der Waals surface area contributed by atoms with Crippen LogP contribution in [0.2, 0.25) is 0 Å². The lowest BCUT2D eigenvalue weighted by molar-refractivity contribution is 0.227. The first kappa shape index (κ1) is 15.6. The highest BCUT2D eigenvalue weighted by atomic mass is 19.1. The zero-order valence-electron chi connectivity index (χ0n) is 8.33. The van der Waals surface area contributed by atoms with Crippen molar-refractivity contribution in [3.8, 4) is 0 Å². The molecule has 0 aromatic heterocycles. The van der Waals surface area contributed by atoms with Gasteiger partial charge in [0.1, 0.15) is 0 Å². The molecule has 1 aromatic carbocycles. The molecule has 0 bridgehead atoms. The van der Waals surface area contributed by atoms with Crippen LogP contribution in [0.15, 0.2) is 30.3 Å². The van der Waals surface area contributed by atoms with Gasteiger partial charge >= 0.3 is 7.19 Å².